The summed E-state index contributed by atoms with van der Waals surface area (Å²) in [4.78, 5) is 0. The zero-order valence-electron chi connectivity index (χ0n) is 12.3. The molecule has 106 valence electrons. The van der Waals surface area contributed by atoms with Gasteiger partial charge < -0.3 is 4.43 Å². The molecule has 0 heterocycles. The quantitative estimate of drug-likeness (QED) is 0.448. The van der Waals surface area contributed by atoms with Crippen LogP contribution >= 0.6 is 27.5 Å². The molecule has 1 atom stereocenters. The lowest BCUT2D eigenvalue weighted by Gasteiger charge is -2.38. The first-order valence-corrected chi connectivity index (χ1v) is 10.4. The summed E-state index contributed by atoms with van der Waals surface area (Å²) in [5, 5.41) is 0.878. The van der Waals surface area contributed by atoms with Crippen molar-refractivity contribution in [2.45, 2.75) is 45.0 Å². The fraction of sp³-hybridized carbons (Fsp3) is 0.467. The summed E-state index contributed by atoms with van der Waals surface area (Å²) >= 11 is 9.64. The maximum absolute atomic E-state index is 6.41. The highest BCUT2D eigenvalue weighted by molar-refractivity contribution is 9.10. The molecule has 0 N–H and O–H groups in total. The molecule has 0 radical (unpaired) electrons. The maximum atomic E-state index is 6.41. The van der Waals surface area contributed by atoms with Gasteiger partial charge in [0.05, 0.1) is 6.10 Å². The van der Waals surface area contributed by atoms with Gasteiger partial charge in [0.15, 0.2) is 8.32 Å². The van der Waals surface area contributed by atoms with Crippen molar-refractivity contribution in [2.75, 3.05) is 0 Å². The van der Waals surface area contributed by atoms with Crippen molar-refractivity contribution in [3.05, 3.63) is 45.9 Å². The van der Waals surface area contributed by atoms with Crippen molar-refractivity contribution in [1.29, 1.82) is 0 Å². The Bertz CT molecular complexity index is 466. The molecule has 0 aliphatic heterocycles. The van der Waals surface area contributed by atoms with E-state index in [1.54, 1.807) is 0 Å². The summed E-state index contributed by atoms with van der Waals surface area (Å²) in [5.41, 5.74) is 1.03. The summed E-state index contributed by atoms with van der Waals surface area (Å²) in [6, 6.07) is 5.75. The highest BCUT2D eigenvalue weighted by Gasteiger charge is 2.39. The second-order valence-corrected chi connectivity index (χ2v) is 12.2. The monoisotopic (exact) mass is 360 g/mol. The lowest BCUT2D eigenvalue weighted by atomic mass is 10.1. The lowest BCUT2D eigenvalue weighted by molar-refractivity contribution is 0.229. The first-order chi connectivity index (χ1) is 8.58. The number of rotatable bonds is 4. The molecule has 0 aliphatic rings. The van der Waals surface area contributed by atoms with E-state index in [2.05, 4.69) is 56.4 Å². The highest BCUT2D eigenvalue weighted by atomic mass is 79.9. The Morgan fingerprint density at radius 1 is 1.37 bits per heavy atom. The predicted octanol–water partition coefficient (Wildman–Crippen LogP) is 6.35. The Hall–Kier alpha value is -0.0931. The lowest BCUT2D eigenvalue weighted by Crippen LogP contribution is -2.41. The number of halogens is 2. The van der Waals surface area contributed by atoms with Crippen molar-refractivity contribution in [3.8, 4) is 0 Å². The van der Waals surface area contributed by atoms with Crippen molar-refractivity contribution in [3.63, 3.8) is 0 Å². The topological polar surface area (TPSA) is 9.23 Å². The molecule has 1 aromatic rings. The van der Waals surface area contributed by atoms with E-state index in [-0.39, 0.29) is 11.1 Å². The first kappa shape index (κ1) is 17.0. The third-order valence-corrected chi connectivity index (χ3v) is 9.12. The van der Waals surface area contributed by atoms with Crippen LogP contribution in [0.5, 0.6) is 0 Å². The van der Waals surface area contributed by atoms with Crippen LogP contribution in [0.3, 0.4) is 0 Å². The minimum atomic E-state index is -1.85. The predicted molar refractivity (Wildman–Crippen MR) is 90.4 cm³/mol. The summed E-state index contributed by atoms with van der Waals surface area (Å²) < 4.78 is 7.41. The molecule has 1 unspecified atom stereocenters. The van der Waals surface area contributed by atoms with E-state index < -0.39 is 8.32 Å². The zero-order valence-corrected chi connectivity index (χ0v) is 15.6. The third-order valence-electron chi connectivity index (χ3n) is 3.71. The van der Waals surface area contributed by atoms with E-state index in [9.17, 15) is 0 Å². The van der Waals surface area contributed by atoms with Gasteiger partial charge in [-0.2, -0.15) is 0 Å². The van der Waals surface area contributed by atoms with Gasteiger partial charge in [-0.05, 0) is 41.9 Å². The smallest absolute Gasteiger partial charge is 0.193 e. The third kappa shape index (κ3) is 4.18. The van der Waals surface area contributed by atoms with Gasteiger partial charge in [-0.3, -0.25) is 0 Å². The fourth-order valence-electron chi connectivity index (χ4n) is 1.47. The Labute approximate surface area is 131 Å². The van der Waals surface area contributed by atoms with Gasteiger partial charge in [0, 0.05) is 9.50 Å². The molecule has 1 rings (SSSR count). The molecular weight excluding hydrogens is 340 g/mol. The Morgan fingerprint density at radius 3 is 2.42 bits per heavy atom. The number of benzene rings is 1. The molecule has 0 fully saturated rings. The second kappa shape index (κ2) is 6.13. The van der Waals surface area contributed by atoms with Crippen LogP contribution in [0.1, 0.15) is 32.4 Å². The molecule has 0 bridgehead atoms. The zero-order chi connectivity index (χ0) is 14.8. The minimum absolute atomic E-state index is 0.131. The van der Waals surface area contributed by atoms with Crippen LogP contribution in [0.25, 0.3) is 0 Å². The SMILES string of the molecule is C=CC(O[Si](C)(C)C(C)(C)C)c1cc(Cl)ccc1Br. The Balaban J connectivity index is 3.09. The van der Waals surface area contributed by atoms with Crippen LogP contribution in [0.2, 0.25) is 23.2 Å². The second-order valence-electron chi connectivity index (χ2n) is 6.20. The van der Waals surface area contributed by atoms with Gasteiger partial charge in [0.1, 0.15) is 0 Å². The van der Waals surface area contributed by atoms with Crippen LogP contribution in [-0.4, -0.2) is 8.32 Å². The standard InChI is InChI=1S/C15H22BrClOSi/c1-7-14(18-19(5,6)15(2,3)4)12-10-11(17)8-9-13(12)16/h7-10,14H,1H2,2-6H3. The van der Waals surface area contributed by atoms with Crippen LogP contribution in [0, 0.1) is 0 Å². The van der Waals surface area contributed by atoms with E-state index in [1.165, 1.54) is 0 Å². The van der Waals surface area contributed by atoms with Crippen LogP contribution in [0.15, 0.2) is 35.3 Å². The van der Waals surface area contributed by atoms with Gasteiger partial charge >= 0.3 is 0 Å². The van der Waals surface area contributed by atoms with Crippen molar-refractivity contribution in [2.24, 2.45) is 0 Å². The van der Waals surface area contributed by atoms with Crippen molar-refractivity contribution >= 4 is 35.8 Å². The Morgan fingerprint density at radius 2 is 1.95 bits per heavy atom. The average Bonchev–Trinajstić information content (AvgIpc) is 2.28. The fourth-order valence-corrected chi connectivity index (χ4v) is 3.33. The molecule has 1 nitrogen and oxygen atoms in total. The van der Waals surface area contributed by atoms with Gasteiger partial charge in [-0.25, -0.2) is 0 Å². The normalized spacial score (nSPS) is 14.3. The molecule has 19 heavy (non-hydrogen) atoms. The molecule has 0 amide bonds. The first-order valence-electron chi connectivity index (χ1n) is 6.34. The molecule has 0 aromatic heterocycles. The summed E-state index contributed by atoms with van der Waals surface area (Å²) in [6.45, 7) is 15.1. The van der Waals surface area contributed by atoms with Crippen LogP contribution in [0.4, 0.5) is 0 Å². The van der Waals surface area contributed by atoms with Gasteiger partial charge in [0.2, 0.25) is 0 Å². The van der Waals surface area contributed by atoms with E-state index >= 15 is 0 Å². The van der Waals surface area contributed by atoms with E-state index in [1.807, 2.05) is 24.3 Å². The molecule has 0 spiro atoms. The molecule has 4 heteroatoms. The number of hydrogen-bond acceptors (Lipinski definition) is 1. The molecule has 0 saturated carbocycles. The van der Waals surface area contributed by atoms with Crippen molar-refractivity contribution in [1.82, 2.24) is 0 Å². The molecular formula is C15H22BrClOSi. The molecule has 0 aliphatic carbocycles. The van der Waals surface area contributed by atoms with Gasteiger partial charge in [0.25, 0.3) is 0 Å². The largest absolute Gasteiger partial charge is 0.406 e. The average molecular weight is 362 g/mol. The summed E-state index contributed by atoms with van der Waals surface area (Å²) in [5.74, 6) is 0. The van der Waals surface area contributed by atoms with E-state index in [0.717, 1.165) is 10.0 Å². The van der Waals surface area contributed by atoms with Gasteiger partial charge in [-0.1, -0.05) is 54.4 Å². The van der Waals surface area contributed by atoms with E-state index in [4.69, 9.17) is 16.0 Å². The molecule has 0 saturated heterocycles. The maximum Gasteiger partial charge on any atom is 0.193 e. The summed E-state index contributed by atoms with van der Waals surface area (Å²) in [6.07, 6.45) is 1.71. The Kier molecular flexibility index (Phi) is 5.47. The molecule has 1 aromatic carbocycles. The van der Waals surface area contributed by atoms with Crippen molar-refractivity contribution < 1.29 is 4.43 Å². The van der Waals surface area contributed by atoms with Gasteiger partial charge in [-0.15, -0.1) is 6.58 Å². The van der Waals surface area contributed by atoms with Crippen LogP contribution in [-0.2, 0) is 4.43 Å². The van der Waals surface area contributed by atoms with E-state index in [0.29, 0.717) is 5.02 Å². The number of hydrogen-bond donors (Lipinski definition) is 0. The van der Waals surface area contributed by atoms with Crippen LogP contribution < -0.4 is 0 Å². The highest BCUT2D eigenvalue weighted by Crippen LogP contribution is 2.41. The summed E-state index contributed by atoms with van der Waals surface area (Å²) in [7, 11) is -1.85. The minimum Gasteiger partial charge on any atom is -0.406 e.